The highest BCUT2D eigenvalue weighted by atomic mass is 32.1. The highest BCUT2D eigenvalue weighted by Gasteiger charge is 2.20. The summed E-state index contributed by atoms with van der Waals surface area (Å²) in [5.41, 5.74) is 1.07. The smallest absolute Gasteiger partial charge is 0.231 e. The average Bonchev–Trinajstić information content (AvgIpc) is 3.45. The zero-order valence-electron chi connectivity index (χ0n) is 15.1. The van der Waals surface area contributed by atoms with Crippen LogP contribution in [-0.4, -0.2) is 18.4 Å². The van der Waals surface area contributed by atoms with Gasteiger partial charge in [-0.3, -0.25) is 0 Å². The summed E-state index contributed by atoms with van der Waals surface area (Å²) < 4.78 is 17.0. The maximum atomic E-state index is 5.95. The number of fused-ring (bicyclic) bond motifs is 1. The maximum Gasteiger partial charge on any atom is 0.231 e. The molecule has 0 spiro atoms. The number of thiophene rings is 1. The van der Waals surface area contributed by atoms with E-state index in [1.165, 1.54) is 4.88 Å². The second-order valence-corrected chi connectivity index (χ2v) is 8.21. The predicted molar refractivity (Wildman–Crippen MR) is 108 cm³/mol. The number of hydrogen-bond donors (Lipinski definition) is 1. The minimum absolute atomic E-state index is 0.160. The number of nitrogens with zero attached hydrogens (tertiary/aromatic N) is 1. The Morgan fingerprint density at radius 1 is 1.22 bits per heavy atom. The molecule has 3 aromatic rings. The van der Waals surface area contributed by atoms with Crippen LogP contribution in [0.25, 0.3) is 0 Å². The molecule has 0 fully saturated rings. The van der Waals surface area contributed by atoms with E-state index >= 15 is 0 Å². The van der Waals surface area contributed by atoms with Gasteiger partial charge in [0.2, 0.25) is 6.79 Å². The Labute approximate surface area is 166 Å². The van der Waals surface area contributed by atoms with Crippen LogP contribution in [0.4, 0.5) is 0 Å². The zero-order chi connectivity index (χ0) is 18.5. The van der Waals surface area contributed by atoms with Crippen LogP contribution in [0.2, 0.25) is 0 Å². The van der Waals surface area contributed by atoms with E-state index in [0.717, 1.165) is 40.7 Å². The molecule has 0 radical (unpaired) electrons. The van der Waals surface area contributed by atoms with E-state index in [2.05, 4.69) is 34.7 Å². The topological polar surface area (TPSA) is 52.6 Å². The van der Waals surface area contributed by atoms with Crippen LogP contribution in [0, 0.1) is 0 Å². The van der Waals surface area contributed by atoms with Gasteiger partial charge in [0.1, 0.15) is 10.8 Å². The molecule has 1 aliphatic rings. The lowest BCUT2D eigenvalue weighted by molar-refractivity contribution is 0.173. The van der Waals surface area contributed by atoms with Crippen LogP contribution in [0.15, 0.2) is 41.2 Å². The van der Waals surface area contributed by atoms with Gasteiger partial charge in [-0.1, -0.05) is 13.0 Å². The molecule has 1 aromatic carbocycles. The SMILES string of the molecule is CCCOc1cc2c(cc1CN[C@H](Cc1cccs1)c1nccs1)OCO2. The number of aromatic nitrogens is 1. The van der Waals surface area contributed by atoms with Crippen molar-refractivity contribution in [3.05, 3.63) is 56.7 Å². The molecule has 5 nitrogen and oxygen atoms in total. The number of thiazole rings is 1. The van der Waals surface area contributed by atoms with Crippen LogP contribution < -0.4 is 19.5 Å². The van der Waals surface area contributed by atoms with Crippen LogP contribution in [0.3, 0.4) is 0 Å². The Hall–Kier alpha value is -2.09. The van der Waals surface area contributed by atoms with E-state index < -0.39 is 0 Å². The quantitative estimate of drug-likeness (QED) is 0.557. The lowest BCUT2D eigenvalue weighted by Gasteiger charge is -2.18. The first-order valence-corrected chi connectivity index (χ1v) is 10.8. The fourth-order valence-corrected chi connectivity index (χ4v) is 4.43. The van der Waals surface area contributed by atoms with Gasteiger partial charge in [0, 0.05) is 41.0 Å². The highest BCUT2D eigenvalue weighted by Crippen LogP contribution is 2.38. The van der Waals surface area contributed by atoms with E-state index in [0.29, 0.717) is 13.2 Å². The van der Waals surface area contributed by atoms with Crippen molar-refractivity contribution >= 4 is 22.7 Å². The second kappa shape index (κ2) is 8.73. The summed E-state index contributed by atoms with van der Waals surface area (Å²) in [6.45, 7) is 3.72. The number of benzene rings is 1. The number of nitrogens with one attached hydrogen (secondary N) is 1. The van der Waals surface area contributed by atoms with Gasteiger partial charge < -0.3 is 19.5 Å². The molecule has 3 heterocycles. The molecule has 4 rings (SSSR count). The van der Waals surface area contributed by atoms with Crippen LogP contribution in [0.5, 0.6) is 17.2 Å². The van der Waals surface area contributed by atoms with Crippen molar-refractivity contribution in [1.82, 2.24) is 10.3 Å². The predicted octanol–water partition coefficient (Wildman–Crippen LogP) is 4.80. The molecule has 2 aromatic heterocycles. The van der Waals surface area contributed by atoms with Gasteiger partial charge in [-0.15, -0.1) is 22.7 Å². The molecule has 1 N–H and O–H groups in total. The minimum Gasteiger partial charge on any atom is -0.493 e. The van der Waals surface area contributed by atoms with Gasteiger partial charge in [-0.25, -0.2) is 4.98 Å². The van der Waals surface area contributed by atoms with E-state index in [1.807, 2.05) is 23.7 Å². The van der Waals surface area contributed by atoms with Gasteiger partial charge in [-0.2, -0.15) is 0 Å². The Balaban J connectivity index is 1.53. The third-order valence-electron chi connectivity index (χ3n) is 4.29. The molecule has 1 aliphatic heterocycles. The monoisotopic (exact) mass is 402 g/mol. The third-order valence-corrected chi connectivity index (χ3v) is 6.08. The molecule has 0 saturated heterocycles. The molecule has 1 atom stereocenters. The fraction of sp³-hybridized carbons (Fsp3) is 0.350. The van der Waals surface area contributed by atoms with Crippen LogP contribution in [0.1, 0.15) is 34.8 Å². The maximum absolute atomic E-state index is 5.95. The van der Waals surface area contributed by atoms with Crippen LogP contribution >= 0.6 is 22.7 Å². The summed E-state index contributed by atoms with van der Waals surface area (Å²) in [7, 11) is 0. The van der Waals surface area contributed by atoms with Crippen molar-refractivity contribution < 1.29 is 14.2 Å². The molecule has 7 heteroatoms. The summed E-state index contributed by atoms with van der Waals surface area (Å²) in [6, 6.07) is 8.38. The molecule has 0 unspecified atom stereocenters. The summed E-state index contributed by atoms with van der Waals surface area (Å²) in [6.07, 6.45) is 3.74. The first-order chi connectivity index (χ1) is 13.3. The second-order valence-electron chi connectivity index (χ2n) is 6.25. The Kier molecular flexibility index (Phi) is 5.91. The van der Waals surface area contributed by atoms with Crippen LogP contribution in [-0.2, 0) is 13.0 Å². The molecule has 0 saturated carbocycles. The lowest BCUT2D eigenvalue weighted by Crippen LogP contribution is -2.23. The first-order valence-electron chi connectivity index (χ1n) is 9.04. The number of rotatable bonds is 9. The summed E-state index contributed by atoms with van der Waals surface area (Å²) >= 11 is 3.46. The number of hydrogen-bond acceptors (Lipinski definition) is 7. The average molecular weight is 403 g/mol. The van der Waals surface area contributed by atoms with Gasteiger partial charge >= 0.3 is 0 Å². The molecular formula is C20H22N2O3S2. The summed E-state index contributed by atoms with van der Waals surface area (Å²) in [5.74, 6) is 2.38. The minimum atomic E-state index is 0.160. The lowest BCUT2D eigenvalue weighted by atomic mass is 10.1. The van der Waals surface area contributed by atoms with Crippen molar-refractivity contribution in [3.8, 4) is 17.2 Å². The Morgan fingerprint density at radius 2 is 2.11 bits per heavy atom. The summed E-state index contributed by atoms with van der Waals surface area (Å²) in [4.78, 5) is 5.87. The molecule has 0 aliphatic carbocycles. The molecule has 27 heavy (non-hydrogen) atoms. The number of ether oxygens (including phenoxy) is 3. The largest absolute Gasteiger partial charge is 0.493 e. The van der Waals surface area contributed by atoms with Gasteiger partial charge in [0.15, 0.2) is 11.5 Å². The molecule has 0 bridgehead atoms. The highest BCUT2D eigenvalue weighted by molar-refractivity contribution is 7.10. The van der Waals surface area contributed by atoms with Crippen molar-refractivity contribution in [2.75, 3.05) is 13.4 Å². The van der Waals surface area contributed by atoms with Crippen molar-refractivity contribution in [3.63, 3.8) is 0 Å². The van der Waals surface area contributed by atoms with E-state index in [-0.39, 0.29) is 12.8 Å². The fourth-order valence-electron chi connectivity index (χ4n) is 2.97. The van der Waals surface area contributed by atoms with Crippen molar-refractivity contribution in [2.45, 2.75) is 32.4 Å². The molecule has 142 valence electrons. The standard InChI is InChI=1S/C20H22N2O3S2/c1-2-6-23-17-11-19-18(24-13-25-19)9-14(17)12-22-16(20-21-5-8-27-20)10-15-4-3-7-26-15/h3-5,7-9,11,16,22H,2,6,10,12-13H2,1H3/t16-/m1/s1. The molecule has 0 amide bonds. The van der Waals surface area contributed by atoms with E-state index in [4.69, 9.17) is 14.2 Å². The molecular weight excluding hydrogens is 380 g/mol. The van der Waals surface area contributed by atoms with Gasteiger partial charge in [-0.05, 0) is 23.9 Å². The van der Waals surface area contributed by atoms with Crippen molar-refractivity contribution in [2.24, 2.45) is 0 Å². The Morgan fingerprint density at radius 3 is 2.85 bits per heavy atom. The van der Waals surface area contributed by atoms with Crippen molar-refractivity contribution in [1.29, 1.82) is 0 Å². The normalized spacial score (nSPS) is 13.7. The van der Waals surface area contributed by atoms with Gasteiger partial charge in [0.25, 0.3) is 0 Å². The third kappa shape index (κ3) is 4.43. The van der Waals surface area contributed by atoms with E-state index in [1.54, 1.807) is 22.7 Å². The van der Waals surface area contributed by atoms with Gasteiger partial charge in [0.05, 0.1) is 12.6 Å². The van der Waals surface area contributed by atoms with E-state index in [9.17, 15) is 0 Å². The first kappa shape index (κ1) is 18.3. The zero-order valence-corrected chi connectivity index (χ0v) is 16.8. The Bertz CT molecular complexity index is 851. The summed E-state index contributed by atoms with van der Waals surface area (Å²) in [5, 5.41) is 8.90.